The number of hydrogen-bond acceptors (Lipinski definition) is 5. The van der Waals surface area contributed by atoms with E-state index >= 15 is 0 Å². The van der Waals surface area contributed by atoms with E-state index in [0.29, 0.717) is 19.0 Å². The van der Waals surface area contributed by atoms with Gasteiger partial charge in [0.05, 0.1) is 6.54 Å². The molecule has 0 bridgehead atoms. The monoisotopic (exact) mass is 369 g/mol. The quantitative estimate of drug-likeness (QED) is 0.825. The second-order valence-electron chi connectivity index (χ2n) is 7.40. The van der Waals surface area contributed by atoms with Gasteiger partial charge in [-0.3, -0.25) is 4.79 Å². The molecule has 2 fully saturated rings. The molecule has 0 aliphatic carbocycles. The summed E-state index contributed by atoms with van der Waals surface area (Å²) in [5.41, 5.74) is 1.17. The molecule has 1 aromatic heterocycles. The van der Waals surface area contributed by atoms with Crippen LogP contribution >= 0.6 is 0 Å². The van der Waals surface area contributed by atoms with Gasteiger partial charge in [0.15, 0.2) is 0 Å². The Hall–Kier alpha value is -2.70. The fourth-order valence-corrected chi connectivity index (χ4v) is 3.80. The maximum absolute atomic E-state index is 13.1. The molecular weight excluding hydrogens is 345 g/mol. The number of nitrogens with zero attached hydrogens (tertiary/aromatic N) is 5. The van der Waals surface area contributed by atoms with Gasteiger partial charge in [0, 0.05) is 39.3 Å². The lowest BCUT2D eigenvalue weighted by atomic mass is 9.99. The third-order valence-electron chi connectivity index (χ3n) is 5.47. The van der Waals surface area contributed by atoms with Crippen LogP contribution in [0.4, 0.5) is 16.0 Å². The van der Waals surface area contributed by atoms with Gasteiger partial charge in [0.1, 0.15) is 23.8 Å². The van der Waals surface area contributed by atoms with Gasteiger partial charge in [-0.1, -0.05) is 12.1 Å². The number of rotatable bonds is 4. The van der Waals surface area contributed by atoms with Crippen LogP contribution in [0.15, 0.2) is 36.7 Å². The molecule has 1 unspecified atom stereocenters. The molecule has 2 aliphatic rings. The minimum absolute atomic E-state index is 0.113. The Labute approximate surface area is 158 Å². The molecule has 1 atom stereocenters. The Balaban J connectivity index is 1.40. The number of likely N-dealkylation sites (N-methyl/N-ethyl adjacent to an activating group) is 1. The van der Waals surface area contributed by atoms with Crippen molar-refractivity contribution >= 4 is 17.5 Å². The SMILES string of the molecule is CN1CCN(c2cc(N3CCC(Cc4ccc(F)cc4)C3)ncn2)CC1=O. The number of aromatic nitrogens is 2. The van der Waals surface area contributed by atoms with Crippen LogP contribution in [0.5, 0.6) is 0 Å². The maximum atomic E-state index is 13.1. The van der Waals surface area contributed by atoms with Gasteiger partial charge < -0.3 is 14.7 Å². The third kappa shape index (κ3) is 4.02. The molecule has 2 saturated heterocycles. The summed E-state index contributed by atoms with van der Waals surface area (Å²) in [4.78, 5) is 26.8. The van der Waals surface area contributed by atoms with Crippen molar-refractivity contribution in [2.45, 2.75) is 12.8 Å². The van der Waals surface area contributed by atoms with Crippen LogP contribution in [0.25, 0.3) is 0 Å². The predicted molar refractivity (Wildman–Crippen MR) is 102 cm³/mol. The van der Waals surface area contributed by atoms with Crippen molar-refractivity contribution in [3.05, 3.63) is 48.0 Å². The highest BCUT2D eigenvalue weighted by Gasteiger charge is 2.26. The van der Waals surface area contributed by atoms with Crippen LogP contribution in [0.2, 0.25) is 0 Å². The Morgan fingerprint density at radius 1 is 1.07 bits per heavy atom. The average Bonchev–Trinajstić information content (AvgIpc) is 3.14. The Morgan fingerprint density at radius 2 is 1.81 bits per heavy atom. The Bertz CT molecular complexity index is 812. The number of amides is 1. The van der Waals surface area contributed by atoms with Gasteiger partial charge in [-0.25, -0.2) is 14.4 Å². The van der Waals surface area contributed by atoms with Crippen molar-refractivity contribution in [1.29, 1.82) is 0 Å². The fraction of sp³-hybridized carbons (Fsp3) is 0.450. The van der Waals surface area contributed by atoms with Crippen LogP contribution < -0.4 is 9.80 Å². The number of hydrogen-bond donors (Lipinski definition) is 0. The van der Waals surface area contributed by atoms with Crippen molar-refractivity contribution in [1.82, 2.24) is 14.9 Å². The van der Waals surface area contributed by atoms with E-state index in [1.165, 1.54) is 17.7 Å². The lowest BCUT2D eigenvalue weighted by molar-refractivity contribution is -0.129. The molecule has 27 heavy (non-hydrogen) atoms. The van der Waals surface area contributed by atoms with Crippen molar-refractivity contribution < 1.29 is 9.18 Å². The predicted octanol–water partition coefficient (Wildman–Crippen LogP) is 1.96. The summed E-state index contributed by atoms with van der Waals surface area (Å²) in [6, 6.07) is 8.77. The van der Waals surface area contributed by atoms with E-state index in [9.17, 15) is 9.18 Å². The van der Waals surface area contributed by atoms with Gasteiger partial charge in [-0.15, -0.1) is 0 Å². The van der Waals surface area contributed by atoms with E-state index in [1.807, 2.05) is 30.1 Å². The molecular formula is C20H24FN5O. The number of anilines is 2. The molecule has 2 aromatic rings. The van der Waals surface area contributed by atoms with Gasteiger partial charge in [-0.05, 0) is 36.5 Å². The zero-order valence-electron chi connectivity index (χ0n) is 15.5. The molecule has 0 radical (unpaired) electrons. The summed E-state index contributed by atoms with van der Waals surface area (Å²) in [5.74, 6) is 2.17. The lowest BCUT2D eigenvalue weighted by Gasteiger charge is -2.33. The molecule has 4 rings (SSSR count). The van der Waals surface area contributed by atoms with E-state index in [-0.39, 0.29) is 11.7 Å². The summed E-state index contributed by atoms with van der Waals surface area (Å²) in [6.07, 6.45) is 3.62. The Kier molecular flexibility index (Phi) is 4.92. The average molecular weight is 369 g/mol. The zero-order chi connectivity index (χ0) is 18.8. The first-order chi connectivity index (χ1) is 13.1. The first-order valence-electron chi connectivity index (χ1n) is 9.39. The molecule has 3 heterocycles. The van der Waals surface area contributed by atoms with Crippen molar-refractivity contribution in [2.75, 3.05) is 49.6 Å². The second kappa shape index (κ2) is 7.50. The maximum Gasteiger partial charge on any atom is 0.241 e. The van der Waals surface area contributed by atoms with Gasteiger partial charge in [0.2, 0.25) is 5.91 Å². The van der Waals surface area contributed by atoms with E-state index < -0.39 is 0 Å². The van der Waals surface area contributed by atoms with Crippen LogP contribution in [0, 0.1) is 11.7 Å². The topological polar surface area (TPSA) is 52.6 Å². The highest BCUT2D eigenvalue weighted by Crippen LogP contribution is 2.27. The molecule has 0 spiro atoms. The molecule has 1 amide bonds. The van der Waals surface area contributed by atoms with Crippen molar-refractivity contribution in [3.63, 3.8) is 0 Å². The van der Waals surface area contributed by atoms with E-state index in [4.69, 9.17) is 0 Å². The standard InChI is InChI=1S/C20H24FN5O/c1-24-8-9-26(13-20(24)27)19-11-18(22-14-23-19)25-7-6-16(12-25)10-15-2-4-17(21)5-3-15/h2-5,11,14,16H,6-10,12-13H2,1H3. The van der Waals surface area contributed by atoms with Gasteiger partial charge in [0.25, 0.3) is 0 Å². The van der Waals surface area contributed by atoms with Crippen molar-refractivity contribution in [2.24, 2.45) is 5.92 Å². The van der Waals surface area contributed by atoms with Crippen LogP contribution in [-0.4, -0.2) is 60.5 Å². The smallest absolute Gasteiger partial charge is 0.241 e. The van der Waals surface area contributed by atoms with Crippen LogP contribution in [0.3, 0.4) is 0 Å². The number of piperazine rings is 1. The third-order valence-corrected chi connectivity index (χ3v) is 5.47. The normalized spacial score (nSPS) is 20.4. The molecule has 7 heteroatoms. The fourth-order valence-electron chi connectivity index (χ4n) is 3.80. The first kappa shape index (κ1) is 17.7. The number of halogens is 1. The summed E-state index contributed by atoms with van der Waals surface area (Å²) in [6.45, 7) is 3.73. The van der Waals surface area contributed by atoms with Gasteiger partial charge in [-0.2, -0.15) is 0 Å². The van der Waals surface area contributed by atoms with Crippen LogP contribution in [-0.2, 0) is 11.2 Å². The molecule has 0 saturated carbocycles. The molecule has 0 N–H and O–H groups in total. The largest absolute Gasteiger partial charge is 0.356 e. The van der Waals surface area contributed by atoms with E-state index in [0.717, 1.165) is 44.1 Å². The summed E-state index contributed by atoms with van der Waals surface area (Å²) in [5, 5.41) is 0. The highest BCUT2D eigenvalue weighted by molar-refractivity contribution is 5.82. The Morgan fingerprint density at radius 3 is 2.56 bits per heavy atom. The zero-order valence-corrected chi connectivity index (χ0v) is 15.5. The van der Waals surface area contributed by atoms with Crippen molar-refractivity contribution in [3.8, 4) is 0 Å². The molecule has 1 aromatic carbocycles. The van der Waals surface area contributed by atoms with E-state index in [2.05, 4.69) is 14.9 Å². The minimum atomic E-state index is -0.192. The summed E-state index contributed by atoms with van der Waals surface area (Å²) < 4.78 is 13.1. The number of carbonyl (C=O) groups excluding carboxylic acids is 1. The number of benzene rings is 1. The molecule has 6 nitrogen and oxygen atoms in total. The minimum Gasteiger partial charge on any atom is -0.356 e. The van der Waals surface area contributed by atoms with E-state index in [1.54, 1.807) is 11.2 Å². The summed E-state index contributed by atoms with van der Waals surface area (Å²) in [7, 11) is 1.83. The molecule has 2 aliphatic heterocycles. The van der Waals surface area contributed by atoms with Crippen LogP contribution in [0.1, 0.15) is 12.0 Å². The summed E-state index contributed by atoms with van der Waals surface area (Å²) >= 11 is 0. The lowest BCUT2D eigenvalue weighted by Crippen LogP contribution is -2.48. The number of carbonyl (C=O) groups is 1. The highest BCUT2D eigenvalue weighted by atomic mass is 19.1. The first-order valence-corrected chi connectivity index (χ1v) is 9.39. The second-order valence-corrected chi connectivity index (χ2v) is 7.40. The van der Waals surface area contributed by atoms with Gasteiger partial charge >= 0.3 is 0 Å². The molecule has 142 valence electrons.